The lowest BCUT2D eigenvalue weighted by Crippen LogP contribution is -2.35. The third-order valence-corrected chi connectivity index (χ3v) is 8.80. The average Bonchev–Trinajstić information content (AvgIpc) is 3.49. The van der Waals surface area contributed by atoms with Gasteiger partial charge in [0.15, 0.2) is 11.6 Å². The molecule has 4 heterocycles. The summed E-state index contributed by atoms with van der Waals surface area (Å²) in [7, 11) is 0. The molecule has 0 bridgehead atoms. The van der Waals surface area contributed by atoms with Crippen LogP contribution in [0.4, 0.5) is 14.6 Å². The minimum absolute atomic E-state index is 0.101. The maximum atomic E-state index is 14.9. The van der Waals surface area contributed by atoms with E-state index in [1.807, 2.05) is 6.07 Å². The number of rotatable bonds is 4. The van der Waals surface area contributed by atoms with Gasteiger partial charge in [-0.05, 0) is 71.7 Å². The molecule has 10 nitrogen and oxygen atoms in total. The highest BCUT2D eigenvalue weighted by atomic mass is 19.2. The van der Waals surface area contributed by atoms with Crippen LogP contribution < -0.4 is 10.6 Å². The van der Waals surface area contributed by atoms with Gasteiger partial charge in [-0.25, -0.2) is 13.8 Å². The second-order valence-electron chi connectivity index (χ2n) is 11.1. The number of hydrogen-bond acceptors (Lipinski definition) is 6. The van der Waals surface area contributed by atoms with Crippen LogP contribution in [0.2, 0.25) is 0 Å². The fourth-order valence-electron chi connectivity index (χ4n) is 6.78. The lowest BCUT2D eigenvalue weighted by Gasteiger charge is -2.23. The topological polar surface area (TPSA) is 146 Å². The lowest BCUT2D eigenvalue weighted by atomic mass is 9.80. The van der Waals surface area contributed by atoms with E-state index < -0.39 is 41.0 Å². The number of fused-ring (bicyclic) bond motifs is 4. The van der Waals surface area contributed by atoms with Crippen LogP contribution in [0, 0.1) is 11.6 Å². The molecule has 0 fully saturated rings. The third-order valence-electron chi connectivity index (χ3n) is 8.80. The molecule has 214 valence electrons. The molecule has 12 heteroatoms. The predicted molar refractivity (Wildman–Crippen MR) is 151 cm³/mol. The molecule has 1 aliphatic heterocycles. The van der Waals surface area contributed by atoms with E-state index in [1.54, 1.807) is 36.7 Å². The predicted octanol–water partition coefficient (Wildman–Crippen LogP) is 5.54. The fourth-order valence-corrected chi connectivity index (χ4v) is 6.78. The highest BCUT2D eigenvalue weighted by molar-refractivity contribution is 6.06. The van der Waals surface area contributed by atoms with Crippen LogP contribution in [-0.2, 0) is 23.1 Å². The molecule has 0 saturated heterocycles. The Hall–Kier alpha value is -5.22. The van der Waals surface area contributed by atoms with Gasteiger partial charge in [0.25, 0.3) is 5.91 Å². The van der Waals surface area contributed by atoms with Gasteiger partial charge in [-0.1, -0.05) is 29.4 Å². The molecule has 1 unspecified atom stereocenters. The van der Waals surface area contributed by atoms with Crippen LogP contribution in [0.1, 0.15) is 74.8 Å². The van der Waals surface area contributed by atoms with Gasteiger partial charge in [0, 0.05) is 41.2 Å². The molecule has 2 N–H and O–H groups in total. The number of carbonyl (C=O) groups is 2. The number of benzene rings is 1. The molecule has 1 aromatic carbocycles. The molecule has 7 rings (SSSR count). The standard InChI is InChI=1S/C31H24F2N8O2/c32-22-7-1-4-18(25(22)33)19-8-9-23(27-20(5-2-10-35-27)26(19)40-41-34)38-29(42)17-12-16-13-31(14-24(16)37-15-17)21-6-3-11-36-28(21)39-30(31)43/h1-7,10-12,15,19,23,26H,8-9,13-14H2,(H,38,42)(H,36,39,43)/t19-,23-,26+,31?/m0/s1. The normalized spacial score (nSPS) is 23.4. The molecule has 2 amide bonds. The number of aromatic nitrogens is 3. The average molecular weight is 579 g/mol. The summed E-state index contributed by atoms with van der Waals surface area (Å²) in [5, 5.41) is 9.88. The van der Waals surface area contributed by atoms with Gasteiger partial charge in [-0.2, -0.15) is 0 Å². The van der Waals surface area contributed by atoms with Crippen molar-refractivity contribution in [2.75, 3.05) is 5.32 Å². The van der Waals surface area contributed by atoms with Crippen LogP contribution in [0.15, 0.2) is 72.2 Å². The molecule has 4 aromatic rings. The quantitative estimate of drug-likeness (QED) is 0.141. The number of pyridine rings is 3. The minimum Gasteiger partial charge on any atom is -0.344 e. The van der Waals surface area contributed by atoms with E-state index in [1.165, 1.54) is 18.3 Å². The first kappa shape index (κ1) is 26.7. The number of nitrogens with zero attached hydrogens (tertiary/aromatic N) is 6. The number of azide groups is 1. The van der Waals surface area contributed by atoms with Crippen molar-refractivity contribution in [2.45, 2.75) is 49.1 Å². The first-order valence-electron chi connectivity index (χ1n) is 13.9. The fraction of sp³-hybridized carbons (Fsp3) is 0.258. The van der Waals surface area contributed by atoms with Crippen molar-refractivity contribution < 1.29 is 18.4 Å². The number of nitrogens with one attached hydrogen (secondary N) is 2. The van der Waals surface area contributed by atoms with E-state index in [0.717, 1.165) is 22.9 Å². The van der Waals surface area contributed by atoms with E-state index in [2.05, 4.69) is 35.6 Å². The zero-order valence-corrected chi connectivity index (χ0v) is 22.7. The number of halogens is 2. The van der Waals surface area contributed by atoms with Crippen molar-refractivity contribution in [3.05, 3.63) is 128 Å². The minimum atomic E-state index is -0.991. The number of amides is 2. The Morgan fingerprint density at radius 3 is 2.72 bits per heavy atom. The molecule has 43 heavy (non-hydrogen) atoms. The van der Waals surface area contributed by atoms with Gasteiger partial charge in [0.1, 0.15) is 5.82 Å². The Kier molecular flexibility index (Phi) is 6.36. The monoisotopic (exact) mass is 578 g/mol. The Morgan fingerprint density at radius 1 is 1.05 bits per heavy atom. The van der Waals surface area contributed by atoms with Gasteiger partial charge in [-0.3, -0.25) is 19.6 Å². The van der Waals surface area contributed by atoms with Gasteiger partial charge in [0.05, 0.1) is 28.8 Å². The van der Waals surface area contributed by atoms with Gasteiger partial charge >= 0.3 is 0 Å². The van der Waals surface area contributed by atoms with Crippen LogP contribution >= 0.6 is 0 Å². The van der Waals surface area contributed by atoms with Gasteiger partial charge in [-0.15, -0.1) is 0 Å². The maximum Gasteiger partial charge on any atom is 0.253 e. The van der Waals surface area contributed by atoms with Crippen LogP contribution in [-0.4, -0.2) is 26.8 Å². The first-order chi connectivity index (χ1) is 20.9. The SMILES string of the molecule is [N-]=[N+]=N[C@H]1c2cccnc2[C@@H](NC(=O)c2cnc3c(c2)CC2(C3)C(=O)Nc3ncccc32)CC[C@H]1c1cccc(F)c1F. The van der Waals surface area contributed by atoms with Crippen LogP contribution in [0.25, 0.3) is 10.4 Å². The molecule has 1 spiro atoms. The van der Waals surface area contributed by atoms with Crippen molar-refractivity contribution in [1.82, 2.24) is 20.3 Å². The molecule has 0 saturated carbocycles. The van der Waals surface area contributed by atoms with E-state index in [4.69, 9.17) is 0 Å². The number of anilines is 1. The smallest absolute Gasteiger partial charge is 0.253 e. The van der Waals surface area contributed by atoms with Crippen molar-refractivity contribution in [2.24, 2.45) is 5.11 Å². The molecule has 3 aliphatic rings. The van der Waals surface area contributed by atoms with E-state index >= 15 is 0 Å². The van der Waals surface area contributed by atoms with Crippen LogP contribution in [0.3, 0.4) is 0 Å². The summed E-state index contributed by atoms with van der Waals surface area (Å²) in [4.78, 5) is 43.0. The number of carbonyl (C=O) groups excluding carboxylic acids is 2. The molecule has 2 aliphatic carbocycles. The summed E-state index contributed by atoms with van der Waals surface area (Å²) in [6.45, 7) is 0. The summed E-state index contributed by atoms with van der Waals surface area (Å²) in [6, 6.07) is 11.3. The largest absolute Gasteiger partial charge is 0.344 e. The summed E-state index contributed by atoms with van der Waals surface area (Å²) < 4.78 is 29.1. The Morgan fingerprint density at radius 2 is 1.86 bits per heavy atom. The maximum absolute atomic E-state index is 14.9. The highest BCUT2D eigenvalue weighted by Crippen LogP contribution is 2.47. The molecular weight excluding hydrogens is 554 g/mol. The summed E-state index contributed by atoms with van der Waals surface area (Å²) in [6.07, 6.45) is 6.13. The van der Waals surface area contributed by atoms with Crippen molar-refractivity contribution in [3.8, 4) is 0 Å². The van der Waals surface area contributed by atoms with Crippen LogP contribution in [0.5, 0.6) is 0 Å². The van der Waals surface area contributed by atoms with E-state index in [0.29, 0.717) is 48.3 Å². The molecule has 0 radical (unpaired) electrons. The van der Waals surface area contributed by atoms with Crippen molar-refractivity contribution in [1.29, 1.82) is 0 Å². The Labute approximate surface area is 244 Å². The third kappa shape index (κ3) is 4.29. The second kappa shape index (κ2) is 10.2. The second-order valence-corrected chi connectivity index (χ2v) is 11.1. The van der Waals surface area contributed by atoms with E-state index in [-0.39, 0.29) is 11.5 Å². The van der Waals surface area contributed by atoms with E-state index in [9.17, 15) is 23.9 Å². The summed E-state index contributed by atoms with van der Waals surface area (Å²) >= 11 is 0. The van der Waals surface area contributed by atoms with Gasteiger partial charge in [0.2, 0.25) is 5.91 Å². The van der Waals surface area contributed by atoms with Gasteiger partial charge < -0.3 is 10.6 Å². The highest BCUT2D eigenvalue weighted by Gasteiger charge is 2.51. The zero-order valence-electron chi connectivity index (χ0n) is 22.7. The Balaban J connectivity index is 1.18. The summed E-state index contributed by atoms with van der Waals surface area (Å²) in [5.41, 5.74) is 12.4. The van der Waals surface area contributed by atoms with Crippen molar-refractivity contribution >= 4 is 17.6 Å². The molecule has 3 aromatic heterocycles. The summed E-state index contributed by atoms with van der Waals surface area (Å²) in [5.74, 6) is -2.64. The molecule has 4 atom stereocenters. The molecular formula is C31H24F2N8O2. The Bertz CT molecular complexity index is 1860. The first-order valence-corrected chi connectivity index (χ1v) is 13.9. The van der Waals surface area contributed by atoms with Crippen molar-refractivity contribution in [3.63, 3.8) is 0 Å². The zero-order chi connectivity index (χ0) is 29.7. The number of hydrogen-bond donors (Lipinski definition) is 2. The lowest BCUT2D eigenvalue weighted by molar-refractivity contribution is -0.120.